The van der Waals surface area contributed by atoms with Crippen molar-refractivity contribution in [1.82, 2.24) is 0 Å². The molecule has 0 amide bonds. The quantitative estimate of drug-likeness (QED) is 0.577. The molecule has 4 nitrogen and oxygen atoms in total. The number of nitrogens with zero attached hydrogens (tertiary/aromatic N) is 1. The summed E-state index contributed by atoms with van der Waals surface area (Å²) in [6.07, 6.45) is 0.957. The van der Waals surface area contributed by atoms with Gasteiger partial charge in [-0.1, -0.05) is 56.3 Å². The van der Waals surface area contributed by atoms with E-state index in [-0.39, 0.29) is 24.2 Å². The van der Waals surface area contributed by atoms with E-state index < -0.39 is 23.6 Å². The summed E-state index contributed by atoms with van der Waals surface area (Å²) >= 11 is 0. The van der Waals surface area contributed by atoms with Gasteiger partial charge in [-0.25, -0.2) is 4.39 Å². The Morgan fingerprint density at radius 1 is 1.09 bits per heavy atom. The highest BCUT2D eigenvalue weighted by molar-refractivity contribution is 6.09. The van der Waals surface area contributed by atoms with E-state index in [1.54, 1.807) is 19.1 Å². The zero-order chi connectivity index (χ0) is 22.8. The van der Waals surface area contributed by atoms with Gasteiger partial charge in [-0.2, -0.15) is 0 Å². The van der Waals surface area contributed by atoms with Crippen LogP contribution < -0.4 is 0 Å². The second kappa shape index (κ2) is 9.19. The molecule has 0 aromatic heterocycles. The molecule has 0 bridgehead atoms. The van der Waals surface area contributed by atoms with E-state index in [4.69, 9.17) is 9.73 Å². The van der Waals surface area contributed by atoms with E-state index in [9.17, 15) is 14.0 Å². The molecule has 1 aliphatic carbocycles. The van der Waals surface area contributed by atoms with Crippen molar-refractivity contribution in [3.63, 3.8) is 0 Å². The summed E-state index contributed by atoms with van der Waals surface area (Å²) in [5.41, 5.74) is 3.54. The number of esters is 1. The van der Waals surface area contributed by atoms with Crippen LogP contribution in [0.4, 0.5) is 4.39 Å². The fourth-order valence-corrected chi connectivity index (χ4v) is 4.72. The van der Waals surface area contributed by atoms with Gasteiger partial charge in [0.2, 0.25) is 0 Å². The van der Waals surface area contributed by atoms with Crippen LogP contribution in [0.1, 0.15) is 56.6 Å². The molecule has 5 heteroatoms. The Labute approximate surface area is 188 Å². The molecule has 2 aromatic rings. The van der Waals surface area contributed by atoms with E-state index in [0.29, 0.717) is 35.4 Å². The van der Waals surface area contributed by atoms with Crippen molar-refractivity contribution in [1.29, 1.82) is 0 Å². The minimum absolute atomic E-state index is 0.0349. The lowest BCUT2D eigenvalue weighted by Crippen LogP contribution is -2.38. The highest BCUT2D eigenvalue weighted by atomic mass is 19.1. The standard InChI is InChI=1S/C27H28FNO3/c1-16(2)15-32-27(31)24-17(3)29-22-13-20(18-8-5-4-6-9-18)14-23(30)26(22)25(24)19-10-7-11-21(28)12-19/h4-12,16,20,24-25H,13-15H2,1-3H3/t20-,24?,25-/m1/s1. The summed E-state index contributed by atoms with van der Waals surface area (Å²) in [6, 6.07) is 16.1. The fraction of sp³-hybridized carbons (Fsp3) is 0.370. The third kappa shape index (κ3) is 4.43. The van der Waals surface area contributed by atoms with Crippen LogP contribution in [-0.4, -0.2) is 24.1 Å². The Kier molecular flexibility index (Phi) is 6.35. The van der Waals surface area contributed by atoms with E-state index in [1.165, 1.54) is 12.1 Å². The van der Waals surface area contributed by atoms with Crippen molar-refractivity contribution in [2.45, 2.75) is 45.4 Å². The van der Waals surface area contributed by atoms with Crippen LogP contribution in [0, 0.1) is 17.7 Å². The second-order valence-electron chi connectivity index (χ2n) is 9.09. The molecule has 2 aromatic carbocycles. The first-order valence-corrected chi connectivity index (χ1v) is 11.1. The van der Waals surface area contributed by atoms with Gasteiger partial charge in [0.15, 0.2) is 5.78 Å². The summed E-state index contributed by atoms with van der Waals surface area (Å²) in [7, 11) is 0. The molecule has 4 rings (SSSR count). The molecular weight excluding hydrogens is 405 g/mol. The number of benzene rings is 2. The second-order valence-corrected chi connectivity index (χ2v) is 9.09. The number of carbonyl (C=O) groups excluding carboxylic acids is 2. The number of hydrogen-bond acceptors (Lipinski definition) is 4. The van der Waals surface area contributed by atoms with Crippen molar-refractivity contribution in [2.24, 2.45) is 16.8 Å². The van der Waals surface area contributed by atoms with Crippen LogP contribution in [0.15, 0.2) is 70.9 Å². The number of Topliss-reactive ketones (excluding diaryl/α,β-unsaturated/α-hetero) is 1. The average molecular weight is 434 g/mol. The number of hydrogen-bond donors (Lipinski definition) is 0. The largest absolute Gasteiger partial charge is 0.465 e. The van der Waals surface area contributed by atoms with Gasteiger partial charge in [0.05, 0.1) is 6.61 Å². The highest BCUT2D eigenvalue weighted by Gasteiger charge is 2.44. The Morgan fingerprint density at radius 3 is 2.50 bits per heavy atom. The van der Waals surface area contributed by atoms with E-state index in [2.05, 4.69) is 0 Å². The molecule has 2 aliphatic rings. The van der Waals surface area contributed by atoms with Crippen LogP contribution in [0.3, 0.4) is 0 Å². The third-order valence-electron chi connectivity index (χ3n) is 6.18. The van der Waals surface area contributed by atoms with E-state index >= 15 is 0 Å². The van der Waals surface area contributed by atoms with Gasteiger partial charge < -0.3 is 4.74 Å². The molecule has 3 atom stereocenters. The lowest BCUT2D eigenvalue weighted by Gasteiger charge is -2.36. The minimum atomic E-state index is -0.744. The molecule has 166 valence electrons. The number of ether oxygens (including phenoxy) is 1. The normalized spacial score (nSPS) is 23.1. The SMILES string of the molecule is CC1=NC2=C(C(=O)C[C@H](c3ccccc3)C2)[C@H](c2cccc(F)c2)C1C(=O)OCC(C)C. The Balaban J connectivity index is 1.77. The lowest BCUT2D eigenvalue weighted by molar-refractivity contribution is -0.147. The number of aliphatic imine (C=N–C) groups is 1. The number of halogens is 1. The van der Waals surface area contributed by atoms with Crippen molar-refractivity contribution in [2.75, 3.05) is 6.61 Å². The van der Waals surface area contributed by atoms with Crippen LogP contribution in [0.25, 0.3) is 0 Å². The van der Waals surface area contributed by atoms with Crippen LogP contribution in [-0.2, 0) is 14.3 Å². The van der Waals surface area contributed by atoms with Crippen LogP contribution in [0.2, 0.25) is 0 Å². The highest BCUT2D eigenvalue weighted by Crippen LogP contribution is 2.46. The first-order valence-electron chi connectivity index (χ1n) is 11.1. The zero-order valence-corrected chi connectivity index (χ0v) is 18.7. The van der Waals surface area contributed by atoms with Gasteiger partial charge in [-0.05, 0) is 48.4 Å². The maximum absolute atomic E-state index is 14.2. The molecule has 0 N–H and O–H groups in total. The third-order valence-corrected chi connectivity index (χ3v) is 6.18. The maximum atomic E-state index is 14.2. The monoisotopic (exact) mass is 433 g/mol. The summed E-state index contributed by atoms with van der Waals surface area (Å²) in [5, 5.41) is 0. The predicted molar refractivity (Wildman–Crippen MR) is 122 cm³/mol. The number of allylic oxidation sites excluding steroid dienone is 2. The van der Waals surface area contributed by atoms with Crippen molar-refractivity contribution in [3.8, 4) is 0 Å². The molecule has 0 saturated carbocycles. The molecule has 1 aliphatic heterocycles. The average Bonchev–Trinajstić information content (AvgIpc) is 2.77. The van der Waals surface area contributed by atoms with Crippen LogP contribution >= 0.6 is 0 Å². The van der Waals surface area contributed by atoms with Gasteiger partial charge in [-0.3, -0.25) is 14.6 Å². The molecule has 1 heterocycles. The molecule has 0 fully saturated rings. The van der Waals surface area contributed by atoms with Gasteiger partial charge in [0.25, 0.3) is 0 Å². The summed E-state index contributed by atoms with van der Waals surface area (Å²) in [5.74, 6) is -1.97. The van der Waals surface area contributed by atoms with Crippen molar-refractivity contribution >= 4 is 17.5 Å². The first kappa shape index (κ1) is 22.1. The van der Waals surface area contributed by atoms with Crippen molar-refractivity contribution in [3.05, 3.63) is 82.8 Å². The summed E-state index contributed by atoms with van der Waals surface area (Å²) < 4.78 is 19.7. The van der Waals surface area contributed by atoms with Gasteiger partial charge in [-0.15, -0.1) is 0 Å². The number of carbonyl (C=O) groups is 2. The smallest absolute Gasteiger partial charge is 0.315 e. The number of ketones is 1. The maximum Gasteiger partial charge on any atom is 0.315 e. The topological polar surface area (TPSA) is 55.7 Å². The fourth-order valence-electron chi connectivity index (χ4n) is 4.72. The van der Waals surface area contributed by atoms with Gasteiger partial charge in [0, 0.05) is 29.3 Å². The summed E-state index contributed by atoms with van der Waals surface area (Å²) in [6.45, 7) is 6.02. The molecule has 0 spiro atoms. The predicted octanol–water partition coefficient (Wildman–Crippen LogP) is 5.60. The Hall–Kier alpha value is -3.08. The van der Waals surface area contributed by atoms with Gasteiger partial charge in [0.1, 0.15) is 11.7 Å². The summed E-state index contributed by atoms with van der Waals surface area (Å²) in [4.78, 5) is 31.3. The van der Waals surface area contributed by atoms with E-state index in [0.717, 1.165) is 5.56 Å². The molecule has 0 radical (unpaired) electrons. The number of rotatable bonds is 5. The lowest BCUT2D eigenvalue weighted by atomic mass is 9.69. The van der Waals surface area contributed by atoms with Crippen molar-refractivity contribution < 1.29 is 18.7 Å². The first-order chi connectivity index (χ1) is 15.3. The molecule has 0 saturated heterocycles. The Bertz CT molecular complexity index is 1090. The molecule has 1 unspecified atom stereocenters. The molecule has 32 heavy (non-hydrogen) atoms. The van der Waals surface area contributed by atoms with Crippen LogP contribution in [0.5, 0.6) is 0 Å². The minimum Gasteiger partial charge on any atom is -0.465 e. The van der Waals surface area contributed by atoms with Gasteiger partial charge >= 0.3 is 5.97 Å². The molecular formula is C27H28FNO3. The van der Waals surface area contributed by atoms with E-state index in [1.807, 2.05) is 44.2 Å². The zero-order valence-electron chi connectivity index (χ0n) is 18.7. The Morgan fingerprint density at radius 2 is 1.81 bits per heavy atom.